The van der Waals surface area contributed by atoms with E-state index in [0.29, 0.717) is 0 Å². The Bertz CT molecular complexity index is 99.6. The lowest BCUT2D eigenvalue weighted by atomic mass is 9.91. The van der Waals surface area contributed by atoms with Gasteiger partial charge in [0, 0.05) is 5.92 Å². The summed E-state index contributed by atoms with van der Waals surface area (Å²) in [4.78, 5) is 0. The van der Waals surface area contributed by atoms with Crippen molar-refractivity contribution in [2.75, 3.05) is 6.54 Å². The van der Waals surface area contributed by atoms with Gasteiger partial charge in [-0.1, -0.05) is 13.8 Å². The van der Waals surface area contributed by atoms with Gasteiger partial charge < -0.3 is 5.32 Å². The lowest BCUT2D eigenvalue weighted by molar-refractivity contribution is -0.694. The molecule has 0 aromatic heterocycles. The van der Waals surface area contributed by atoms with Gasteiger partial charge in [0.05, 0.1) is 12.6 Å². The van der Waals surface area contributed by atoms with Crippen molar-refractivity contribution in [2.24, 2.45) is 5.92 Å². The molecule has 12 heavy (non-hydrogen) atoms. The Kier molecular flexibility index (Phi) is 4.67. The van der Waals surface area contributed by atoms with Gasteiger partial charge in [0.1, 0.15) is 0 Å². The molecule has 72 valence electrons. The first kappa shape index (κ1) is 10.0. The van der Waals surface area contributed by atoms with Crippen LogP contribution in [0.15, 0.2) is 0 Å². The third-order valence-corrected chi connectivity index (χ3v) is 3.37. The van der Waals surface area contributed by atoms with Gasteiger partial charge in [-0.15, -0.1) is 0 Å². The largest absolute Gasteiger partial charge is 0.344 e. The molecule has 1 rings (SSSR count). The van der Waals surface area contributed by atoms with E-state index >= 15 is 0 Å². The Balaban J connectivity index is 2.35. The molecule has 2 N–H and O–H groups in total. The fourth-order valence-corrected chi connectivity index (χ4v) is 2.47. The van der Waals surface area contributed by atoms with Crippen LogP contribution in [0, 0.1) is 5.92 Å². The second kappa shape index (κ2) is 5.58. The first-order valence-corrected chi connectivity index (χ1v) is 5.71. The average Bonchev–Trinajstić information content (AvgIpc) is 2.35. The van der Waals surface area contributed by atoms with Crippen molar-refractivity contribution in [3.63, 3.8) is 0 Å². The zero-order valence-electron chi connectivity index (χ0n) is 8.68. The predicted octanol–water partition coefficient (Wildman–Crippen LogP) is 1.93. The van der Waals surface area contributed by atoms with Crippen molar-refractivity contribution in [3.8, 4) is 0 Å². The van der Waals surface area contributed by atoms with Crippen LogP contribution < -0.4 is 5.32 Å². The third-order valence-electron chi connectivity index (χ3n) is 3.37. The number of nitrogens with two attached hydrogens (primary N) is 1. The van der Waals surface area contributed by atoms with Crippen LogP contribution in [0.3, 0.4) is 0 Å². The van der Waals surface area contributed by atoms with Crippen LogP contribution in [-0.4, -0.2) is 12.6 Å². The molecule has 0 spiro atoms. The average molecular weight is 170 g/mol. The van der Waals surface area contributed by atoms with E-state index < -0.39 is 0 Å². The minimum Gasteiger partial charge on any atom is -0.344 e. The molecule has 1 fully saturated rings. The number of hydrogen-bond acceptors (Lipinski definition) is 0. The van der Waals surface area contributed by atoms with Gasteiger partial charge in [-0.05, 0) is 38.5 Å². The molecule has 0 aromatic carbocycles. The monoisotopic (exact) mass is 170 g/mol. The van der Waals surface area contributed by atoms with Crippen LogP contribution >= 0.6 is 0 Å². The van der Waals surface area contributed by atoms with Gasteiger partial charge in [-0.2, -0.15) is 0 Å². The maximum absolute atomic E-state index is 2.60. The Morgan fingerprint density at radius 1 is 1.17 bits per heavy atom. The molecule has 1 aliphatic rings. The van der Waals surface area contributed by atoms with Gasteiger partial charge >= 0.3 is 0 Å². The SMILES string of the molecule is CCC(CC)[C@H]1CCCCC[NH2+]1. The van der Waals surface area contributed by atoms with E-state index in [9.17, 15) is 0 Å². The third kappa shape index (κ3) is 2.78. The van der Waals surface area contributed by atoms with E-state index in [1.54, 1.807) is 0 Å². The van der Waals surface area contributed by atoms with Crippen molar-refractivity contribution in [2.45, 2.75) is 58.4 Å². The molecule has 0 aromatic rings. The van der Waals surface area contributed by atoms with E-state index in [1.165, 1.54) is 45.1 Å². The molecule has 1 saturated heterocycles. The van der Waals surface area contributed by atoms with Crippen LogP contribution in [0.1, 0.15) is 52.4 Å². The molecule has 1 heteroatoms. The highest BCUT2D eigenvalue weighted by molar-refractivity contribution is 4.67. The number of rotatable bonds is 3. The summed E-state index contributed by atoms with van der Waals surface area (Å²) in [5.41, 5.74) is 0. The number of hydrogen-bond donors (Lipinski definition) is 1. The second-order valence-corrected chi connectivity index (χ2v) is 4.11. The van der Waals surface area contributed by atoms with Crippen molar-refractivity contribution in [1.29, 1.82) is 0 Å². The van der Waals surface area contributed by atoms with E-state index in [-0.39, 0.29) is 0 Å². The van der Waals surface area contributed by atoms with Crippen molar-refractivity contribution in [1.82, 2.24) is 0 Å². The van der Waals surface area contributed by atoms with E-state index in [4.69, 9.17) is 0 Å². The summed E-state index contributed by atoms with van der Waals surface area (Å²) in [6, 6.07) is 0.947. The quantitative estimate of drug-likeness (QED) is 0.666. The first-order valence-electron chi connectivity index (χ1n) is 5.71. The van der Waals surface area contributed by atoms with Crippen molar-refractivity contribution < 1.29 is 5.32 Å². The first-order chi connectivity index (χ1) is 5.88. The topological polar surface area (TPSA) is 16.6 Å². The second-order valence-electron chi connectivity index (χ2n) is 4.11. The zero-order valence-corrected chi connectivity index (χ0v) is 8.68. The van der Waals surface area contributed by atoms with Gasteiger partial charge in [0.15, 0.2) is 0 Å². The molecule has 0 amide bonds. The molecule has 0 bridgehead atoms. The van der Waals surface area contributed by atoms with E-state index in [0.717, 1.165) is 12.0 Å². The lowest BCUT2D eigenvalue weighted by Crippen LogP contribution is -2.91. The Morgan fingerprint density at radius 3 is 2.58 bits per heavy atom. The normalized spacial score (nSPS) is 25.8. The summed E-state index contributed by atoms with van der Waals surface area (Å²) in [7, 11) is 0. The molecule has 0 aliphatic carbocycles. The summed E-state index contributed by atoms with van der Waals surface area (Å²) in [6.07, 6.45) is 8.59. The Hall–Kier alpha value is -0.0400. The maximum Gasteiger partial charge on any atom is 0.0887 e. The molecule has 1 nitrogen and oxygen atoms in total. The smallest absolute Gasteiger partial charge is 0.0887 e. The van der Waals surface area contributed by atoms with E-state index in [2.05, 4.69) is 19.2 Å². The van der Waals surface area contributed by atoms with Gasteiger partial charge in [-0.25, -0.2) is 0 Å². The highest BCUT2D eigenvalue weighted by Gasteiger charge is 2.22. The van der Waals surface area contributed by atoms with Crippen LogP contribution in [0.5, 0.6) is 0 Å². The van der Waals surface area contributed by atoms with Crippen LogP contribution in [0.2, 0.25) is 0 Å². The fourth-order valence-electron chi connectivity index (χ4n) is 2.47. The predicted molar refractivity (Wildman–Crippen MR) is 53.1 cm³/mol. The molecule has 0 radical (unpaired) electrons. The maximum atomic E-state index is 2.60. The summed E-state index contributed by atoms with van der Waals surface area (Å²) in [5.74, 6) is 0.975. The van der Waals surface area contributed by atoms with Crippen LogP contribution in [0.4, 0.5) is 0 Å². The van der Waals surface area contributed by atoms with Gasteiger partial charge in [0.2, 0.25) is 0 Å². The molecule has 0 unspecified atom stereocenters. The zero-order chi connectivity index (χ0) is 8.81. The van der Waals surface area contributed by atoms with Crippen molar-refractivity contribution >= 4 is 0 Å². The summed E-state index contributed by atoms with van der Waals surface area (Å²) < 4.78 is 0. The molecule has 0 saturated carbocycles. The Labute approximate surface area is 76.9 Å². The minimum atomic E-state index is 0.947. The summed E-state index contributed by atoms with van der Waals surface area (Å²) in [5, 5.41) is 2.60. The molecular weight excluding hydrogens is 146 g/mol. The number of quaternary nitrogens is 1. The van der Waals surface area contributed by atoms with Crippen molar-refractivity contribution in [3.05, 3.63) is 0 Å². The van der Waals surface area contributed by atoms with Gasteiger partial charge in [0.25, 0.3) is 0 Å². The highest BCUT2D eigenvalue weighted by atomic mass is 14.9. The minimum absolute atomic E-state index is 0.947. The fraction of sp³-hybridized carbons (Fsp3) is 1.00. The lowest BCUT2D eigenvalue weighted by Gasteiger charge is -2.21. The molecule has 1 atom stereocenters. The summed E-state index contributed by atoms with van der Waals surface area (Å²) >= 11 is 0. The van der Waals surface area contributed by atoms with Crippen LogP contribution in [-0.2, 0) is 0 Å². The molecule has 1 aliphatic heterocycles. The molecule has 1 heterocycles. The summed E-state index contributed by atoms with van der Waals surface area (Å²) in [6.45, 7) is 6.06. The molecular formula is C11H24N+. The highest BCUT2D eigenvalue weighted by Crippen LogP contribution is 2.16. The van der Waals surface area contributed by atoms with Crippen LogP contribution in [0.25, 0.3) is 0 Å². The Morgan fingerprint density at radius 2 is 1.92 bits per heavy atom. The van der Waals surface area contributed by atoms with Gasteiger partial charge in [-0.3, -0.25) is 0 Å². The standard InChI is InChI=1S/C11H23N/c1-3-10(4-2)11-8-6-5-7-9-12-11/h10-12H,3-9H2,1-2H3/p+1/t11-/m1/s1. The van der Waals surface area contributed by atoms with E-state index in [1.807, 2.05) is 0 Å².